The summed E-state index contributed by atoms with van der Waals surface area (Å²) in [6.45, 7) is 2.25. The summed E-state index contributed by atoms with van der Waals surface area (Å²) in [6.07, 6.45) is 3.62. The summed E-state index contributed by atoms with van der Waals surface area (Å²) >= 11 is 0. The lowest BCUT2D eigenvalue weighted by Crippen LogP contribution is -2.55. The van der Waals surface area contributed by atoms with E-state index in [2.05, 4.69) is 51.7 Å². The fraction of sp³-hybridized carbons (Fsp3) is 0.526. The van der Waals surface area contributed by atoms with Crippen LogP contribution in [0.15, 0.2) is 53.8 Å². The third-order valence-corrected chi connectivity index (χ3v) is 16.3. The van der Waals surface area contributed by atoms with E-state index in [0.29, 0.717) is 24.4 Å². The minimum atomic E-state index is -4.49. The van der Waals surface area contributed by atoms with Crippen LogP contribution >= 0.6 is 0 Å². The summed E-state index contributed by atoms with van der Waals surface area (Å²) in [6, 6.07) is 2.85. The number of ether oxygens (including phenoxy) is 1. The van der Waals surface area contributed by atoms with E-state index in [9.17, 15) is 91.8 Å². The van der Waals surface area contributed by atoms with E-state index in [-0.39, 0.29) is 119 Å². The van der Waals surface area contributed by atoms with Crippen LogP contribution in [0.1, 0.15) is 66.4 Å². The van der Waals surface area contributed by atoms with E-state index in [4.69, 9.17) is 4.74 Å². The number of sulfonamides is 1. The Labute approximate surface area is 534 Å². The molecule has 1 fully saturated rings. The predicted octanol–water partition coefficient (Wildman–Crippen LogP) is -2.39. The van der Waals surface area contributed by atoms with Crippen LogP contribution in [-0.2, 0) is 64.5 Å². The number of hydrogen-bond donors (Lipinski definition) is 14. The molecule has 0 bridgehead atoms. The summed E-state index contributed by atoms with van der Waals surface area (Å²) in [4.78, 5) is 150. The molecule has 0 spiro atoms. The fourth-order valence-electron chi connectivity index (χ4n) is 9.94. The molecule has 0 aliphatic carbocycles. The zero-order chi connectivity index (χ0) is 68.2. The first-order valence-electron chi connectivity index (χ1n) is 29.7. The summed E-state index contributed by atoms with van der Waals surface area (Å²) < 4.78 is 37.1. The highest BCUT2D eigenvalue weighted by Crippen LogP contribution is 2.26. The van der Waals surface area contributed by atoms with Gasteiger partial charge in [-0.3, -0.25) is 77.0 Å². The zero-order valence-corrected chi connectivity index (χ0v) is 52.3. The van der Waals surface area contributed by atoms with E-state index in [1.54, 1.807) is 51.3 Å². The van der Waals surface area contributed by atoms with Crippen LogP contribution in [0.2, 0.25) is 0 Å². The number of aliphatic carboxylic acids is 6. The molecule has 35 nitrogen and oxygen atoms in total. The molecule has 93 heavy (non-hydrogen) atoms. The molecule has 0 saturated carbocycles. The van der Waals surface area contributed by atoms with Crippen molar-refractivity contribution in [1.29, 1.82) is 0 Å². The summed E-state index contributed by atoms with van der Waals surface area (Å²) in [7, 11) is -4.49. The van der Waals surface area contributed by atoms with Crippen molar-refractivity contribution in [2.75, 3.05) is 117 Å². The number of aryl methyl sites for hydroxylation is 3. The molecular formula is C57H81N15O20S. The monoisotopic (exact) mass is 1330 g/mol. The Morgan fingerprint density at radius 2 is 1.16 bits per heavy atom. The molecule has 36 heteroatoms. The number of rotatable bonds is 38. The number of carboxylic acids is 6. The minimum absolute atomic E-state index is 0.00995. The molecule has 1 aliphatic rings. The Kier molecular flexibility index (Phi) is 29.8. The molecule has 4 aromatic rings. The van der Waals surface area contributed by atoms with Crippen LogP contribution in [0.25, 0.3) is 10.9 Å². The fourth-order valence-corrected chi connectivity index (χ4v) is 11.6. The van der Waals surface area contributed by atoms with Crippen LogP contribution in [0, 0.1) is 13.8 Å². The van der Waals surface area contributed by atoms with Crippen molar-refractivity contribution in [3.63, 3.8) is 0 Å². The van der Waals surface area contributed by atoms with E-state index in [1.807, 2.05) is 0 Å². The van der Waals surface area contributed by atoms with Crippen molar-refractivity contribution < 1.29 is 96.5 Å². The van der Waals surface area contributed by atoms with Gasteiger partial charge in [0.05, 0.1) is 49.4 Å². The highest BCUT2D eigenvalue weighted by atomic mass is 32.2. The lowest BCUT2D eigenvalue weighted by atomic mass is 10.1. The van der Waals surface area contributed by atoms with E-state index < -0.39 is 145 Å². The van der Waals surface area contributed by atoms with Gasteiger partial charge in [0.15, 0.2) is 5.95 Å². The van der Waals surface area contributed by atoms with Gasteiger partial charge in [-0.2, -0.15) is 9.82 Å². The van der Waals surface area contributed by atoms with Crippen LogP contribution in [0.4, 0.5) is 5.95 Å². The first-order chi connectivity index (χ1) is 44.1. The molecular weight excluding hydrogens is 1250 g/mol. The third-order valence-electron chi connectivity index (χ3n) is 14.5. The number of carboxylic acid groups (broad SMARTS) is 6. The van der Waals surface area contributed by atoms with Crippen LogP contribution in [0.3, 0.4) is 0 Å². The van der Waals surface area contributed by atoms with E-state index in [0.717, 1.165) is 11.9 Å². The van der Waals surface area contributed by atoms with Crippen molar-refractivity contribution in [2.45, 2.75) is 88.4 Å². The highest BCUT2D eigenvalue weighted by Gasteiger charge is 2.31. The molecule has 14 N–H and O–H groups in total. The number of benzene rings is 2. The van der Waals surface area contributed by atoms with Crippen LogP contribution in [-0.4, -0.2) is 273 Å². The number of nitrogens with one attached hydrogen (secondary N) is 8. The second-order valence-corrected chi connectivity index (χ2v) is 23.5. The van der Waals surface area contributed by atoms with E-state index in [1.165, 1.54) is 35.8 Å². The Bertz CT molecular complexity index is 3310. The minimum Gasteiger partial charge on any atom is -0.494 e. The number of fused-ring (bicyclic) bond motifs is 1. The smallest absolute Gasteiger partial charge is 0.323 e. The number of carbonyl (C=O) groups is 11. The first kappa shape index (κ1) is 74.4. The maximum atomic E-state index is 13.7. The molecule has 0 radical (unpaired) electrons. The molecule has 3 unspecified atom stereocenters. The molecule has 3 atom stereocenters. The summed E-state index contributed by atoms with van der Waals surface area (Å²) in [5.41, 5.74) is 1.38. The molecule has 1 saturated heterocycles. The van der Waals surface area contributed by atoms with Gasteiger partial charge in [-0.1, -0.05) is 0 Å². The van der Waals surface area contributed by atoms with Crippen molar-refractivity contribution in [3.8, 4) is 5.75 Å². The lowest BCUT2D eigenvalue weighted by molar-refractivity contribution is -0.140. The molecule has 5 amide bonds. The predicted molar refractivity (Wildman–Crippen MR) is 328 cm³/mol. The molecule has 1 aliphatic heterocycles. The highest BCUT2D eigenvalue weighted by molar-refractivity contribution is 7.89. The van der Waals surface area contributed by atoms with Gasteiger partial charge in [0.1, 0.15) is 23.9 Å². The molecule has 2 aromatic carbocycles. The standard InChI is InChI=1S/C57H81N15O20S/c1-36-27-40(28-37(2)52(36)93(90,91)67-43(56(88)89)31-63-53(85)38-6-9-44-39(29-38)30-64-72(44)17-4-12-60-57-61-15-16-62-57)92-26-3-5-45(73)58-13-14-59-54(86)41(7-10-47(75)76)66-55(87)42(8-11-48(77)78)65-46(74)32-68-18-20-69(33-49(79)80)22-24-71(35-51(83)84)25-23-70(21-19-68)34-50(81)82/h6,9,15-16,27-30,41-43,67H,3-5,7-8,10-14,17-26,31-35H2,1-2H3,(H,58,73)(H,59,86)(H,63,85)(H,65,74)(H,66,87)(H,75,76)(H,77,78)(H,79,80)(H,81,82)(H,83,84)(H,88,89)(H2,60,61,62). The first-order valence-corrected chi connectivity index (χ1v) is 31.2. The van der Waals surface area contributed by atoms with Crippen molar-refractivity contribution >= 4 is 92.2 Å². The average molecular weight is 1330 g/mol. The van der Waals surface area contributed by atoms with Gasteiger partial charge < -0.3 is 72.3 Å². The van der Waals surface area contributed by atoms with Crippen molar-refractivity contribution in [3.05, 3.63) is 65.6 Å². The number of aromatic amines is 1. The number of H-pyrrole nitrogens is 1. The summed E-state index contributed by atoms with van der Waals surface area (Å²) in [5.74, 6) is -10.6. The lowest BCUT2D eigenvalue weighted by Gasteiger charge is -2.33. The number of amides is 5. The number of carbonyl (C=O) groups excluding carboxylic acids is 5. The van der Waals surface area contributed by atoms with Gasteiger partial charge in [-0.15, -0.1) is 0 Å². The number of anilines is 1. The van der Waals surface area contributed by atoms with Gasteiger partial charge in [-0.25, -0.2) is 13.4 Å². The van der Waals surface area contributed by atoms with Crippen molar-refractivity contribution in [2.24, 2.45) is 0 Å². The SMILES string of the molecule is Cc1cc(OCCCC(=O)NCCNC(=O)C(CCC(=O)O)NC(=O)C(CCC(=O)O)NC(=O)CN2CCN(CC(=O)O)CCN(CC(=O)O)CCN(CC(=O)O)CC2)cc(C)c1S(=O)(=O)NC(CNC(=O)c1ccc2c(cnn2CCCNc2ncc[nH]2)c1)C(=O)O. The Balaban J connectivity index is 1.08. The maximum absolute atomic E-state index is 13.7. The van der Waals surface area contributed by atoms with Gasteiger partial charge in [0.25, 0.3) is 5.91 Å². The van der Waals surface area contributed by atoms with Crippen molar-refractivity contribution in [1.82, 2.24) is 70.7 Å². The van der Waals surface area contributed by atoms with Gasteiger partial charge >= 0.3 is 35.8 Å². The summed E-state index contributed by atoms with van der Waals surface area (Å²) in [5, 5.41) is 78.2. The Morgan fingerprint density at radius 3 is 1.69 bits per heavy atom. The van der Waals surface area contributed by atoms with Gasteiger partial charge in [0.2, 0.25) is 33.7 Å². The quantitative estimate of drug-likeness (QED) is 0.0208. The number of hydrogen-bond acceptors (Lipinski definition) is 21. The van der Waals surface area contributed by atoms with E-state index >= 15 is 0 Å². The van der Waals surface area contributed by atoms with Gasteiger partial charge in [0, 0.05) is 128 Å². The second kappa shape index (κ2) is 37.2. The Morgan fingerprint density at radius 1 is 0.613 bits per heavy atom. The molecule has 3 heterocycles. The number of imidazole rings is 1. The maximum Gasteiger partial charge on any atom is 0.323 e. The zero-order valence-electron chi connectivity index (χ0n) is 51.5. The molecule has 2 aromatic heterocycles. The number of aromatic nitrogens is 4. The van der Waals surface area contributed by atoms with Crippen LogP contribution in [0.5, 0.6) is 5.75 Å². The topological polar surface area (TPSA) is 496 Å². The average Bonchev–Trinajstić information content (AvgIpc) is 1.31. The second-order valence-electron chi connectivity index (χ2n) is 21.9. The Hall–Kier alpha value is -9.36. The van der Waals surface area contributed by atoms with Gasteiger partial charge in [-0.05, 0) is 81.0 Å². The molecule has 5 rings (SSSR count). The number of nitrogens with zero attached hydrogens (tertiary/aromatic N) is 7. The van der Waals surface area contributed by atoms with Crippen LogP contribution < -0.4 is 41.4 Å². The third kappa shape index (κ3) is 26.4. The normalized spacial score (nSPS) is 14.9. The largest absolute Gasteiger partial charge is 0.494 e. The molecule has 510 valence electrons.